The van der Waals surface area contributed by atoms with Crippen molar-refractivity contribution in [2.75, 3.05) is 0 Å². The van der Waals surface area contributed by atoms with E-state index in [0.717, 1.165) is 27.2 Å². The van der Waals surface area contributed by atoms with Crippen LogP contribution in [0.2, 0.25) is 0 Å². The summed E-state index contributed by atoms with van der Waals surface area (Å²) in [6, 6.07) is 23.7. The Morgan fingerprint density at radius 3 is 2.35 bits per heavy atom. The summed E-state index contributed by atoms with van der Waals surface area (Å²) in [7, 11) is 0. The average molecular weight is 296 g/mol. The maximum Gasteiger partial charge on any atom is 0.256 e. The fourth-order valence-corrected chi connectivity index (χ4v) is 3.36. The molecule has 3 heteroatoms. The second-order valence-electron chi connectivity index (χ2n) is 5.68. The van der Waals surface area contributed by atoms with Crippen molar-refractivity contribution >= 4 is 38.2 Å². The summed E-state index contributed by atoms with van der Waals surface area (Å²) in [4.78, 5) is 17.1. The third kappa shape index (κ3) is 1.64. The number of pyridine rings is 1. The van der Waals surface area contributed by atoms with Crippen LogP contribution in [0, 0.1) is 0 Å². The van der Waals surface area contributed by atoms with Crippen LogP contribution in [0.15, 0.2) is 77.6 Å². The molecule has 0 aliphatic carbocycles. The van der Waals surface area contributed by atoms with Crippen molar-refractivity contribution < 1.29 is 0 Å². The van der Waals surface area contributed by atoms with Crippen LogP contribution in [0.5, 0.6) is 0 Å². The van der Waals surface area contributed by atoms with Crippen LogP contribution in [0.1, 0.15) is 0 Å². The summed E-state index contributed by atoms with van der Waals surface area (Å²) >= 11 is 0. The van der Waals surface area contributed by atoms with Gasteiger partial charge in [0, 0.05) is 11.5 Å². The Bertz CT molecular complexity index is 1290. The minimum Gasteiger partial charge on any atom is -0.269 e. The van der Waals surface area contributed by atoms with Gasteiger partial charge in [-0.2, -0.15) is 0 Å². The highest BCUT2D eigenvalue weighted by Crippen LogP contribution is 2.30. The van der Waals surface area contributed by atoms with E-state index >= 15 is 0 Å². The molecule has 23 heavy (non-hydrogen) atoms. The lowest BCUT2D eigenvalue weighted by Gasteiger charge is -1.97. The molecule has 108 valence electrons. The van der Waals surface area contributed by atoms with Crippen LogP contribution in [0.3, 0.4) is 0 Å². The number of hydrogen-bond donors (Lipinski definition) is 0. The Labute approximate surface area is 131 Å². The van der Waals surface area contributed by atoms with Gasteiger partial charge in [-0.1, -0.05) is 54.6 Å². The van der Waals surface area contributed by atoms with Crippen molar-refractivity contribution in [2.24, 2.45) is 0 Å². The Morgan fingerprint density at radius 2 is 1.48 bits per heavy atom. The van der Waals surface area contributed by atoms with E-state index in [1.54, 1.807) is 16.5 Å². The first-order chi connectivity index (χ1) is 11.3. The van der Waals surface area contributed by atoms with Gasteiger partial charge in [0.2, 0.25) is 0 Å². The summed E-state index contributed by atoms with van der Waals surface area (Å²) in [5, 5.41) is 4.47. The molecule has 0 fully saturated rings. The molecule has 0 saturated carbocycles. The predicted octanol–water partition coefficient (Wildman–Crippen LogP) is 4.15. The molecule has 3 nitrogen and oxygen atoms in total. The lowest BCUT2D eigenvalue weighted by atomic mass is 10.1. The molecule has 5 rings (SSSR count). The first-order valence-electron chi connectivity index (χ1n) is 7.55. The van der Waals surface area contributed by atoms with Crippen LogP contribution < -0.4 is 5.56 Å². The summed E-state index contributed by atoms with van der Waals surface area (Å²) in [5.74, 6) is 0. The second-order valence-corrected chi connectivity index (χ2v) is 5.68. The van der Waals surface area contributed by atoms with E-state index in [1.807, 2.05) is 30.3 Å². The van der Waals surface area contributed by atoms with E-state index in [0.29, 0.717) is 5.65 Å². The van der Waals surface area contributed by atoms with E-state index in [1.165, 1.54) is 5.39 Å². The van der Waals surface area contributed by atoms with Crippen LogP contribution in [0.25, 0.3) is 38.2 Å². The summed E-state index contributed by atoms with van der Waals surface area (Å²) in [5.41, 5.74) is 2.35. The molecular formula is C20H12N2O. The molecule has 0 aliphatic heterocycles. The Kier molecular flexibility index (Phi) is 2.36. The minimum absolute atomic E-state index is 0.0515. The fraction of sp³-hybridized carbons (Fsp3) is 0. The molecule has 5 aromatic rings. The first-order valence-corrected chi connectivity index (χ1v) is 7.55. The molecule has 0 saturated heterocycles. The molecule has 3 aromatic carbocycles. The highest BCUT2D eigenvalue weighted by molar-refractivity contribution is 6.16. The second kappa shape index (κ2) is 4.40. The minimum atomic E-state index is -0.0515. The zero-order valence-corrected chi connectivity index (χ0v) is 12.2. The standard InChI is InChI=1S/C20H12N2O/c23-19-11-5-10-18-21-20-16-9-4-3-8-15(16)14-7-2-1-6-13(14)12-17(20)22(18)19/h1-12H. The monoisotopic (exact) mass is 296 g/mol. The van der Waals surface area contributed by atoms with Gasteiger partial charge >= 0.3 is 0 Å². The molecule has 0 atom stereocenters. The van der Waals surface area contributed by atoms with Gasteiger partial charge in [-0.15, -0.1) is 0 Å². The molecule has 0 aliphatic rings. The maximum absolute atomic E-state index is 12.4. The van der Waals surface area contributed by atoms with Crippen molar-refractivity contribution in [3.8, 4) is 0 Å². The number of benzene rings is 2. The lowest BCUT2D eigenvalue weighted by Crippen LogP contribution is -2.09. The van der Waals surface area contributed by atoms with E-state index in [9.17, 15) is 4.79 Å². The highest BCUT2D eigenvalue weighted by Gasteiger charge is 2.10. The Morgan fingerprint density at radius 1 is 0.739 bits per heavy atom. The third-order valence-corrected chi connectivity index (χ3v) is 4.37. The van der Waals surface area contributed by atoms with E-state index in [2.05, 4.69) is 30.3 Å². The average Bonchev–Trinajstić information content (AvgIpc) is 2.89. The largest absolute Gasteiger partial charge is 0.269 e. The summed E-state index contributed by atoms with van der Waals surface area (Å²) in [6.45, 7) is 0. The number of nitrogens with zero attached hydrogens (tertiary/aromatic N) is 2. The number of hydrogen-bond acceptors (Lipinski definition) is 2. The van der Waals surface area contributed by atoms with Gasteiger partial charge in [0.1, 0.15) is 5.65 Å². The normalized spacial score (nSPS) is 11.7. The molecule has 0 amide bonds. The third-order valence-electron chi connectivity index (χ3n) is 4.37. The molecule has 2 aromatic heterocycles. The van der Waals surface area contributed by atoms with Gasteiger partial charge < -0.3 is 0 Å². The van der Waals surface area contributed by atoms with E-state index in [-0.39, 0.29) is 5.56 Å². The number of fused-ring (bicyclic) bond motifs is 7. The maximum atomic E-state index is 12.4. The smallest absolute Gasteiger partial charge is 0.256 e. The van der Waals surface area contributed by atoms with Gasteiger partial charge in [-0.25, -0.2) is 4.98 Å². The van der Waals surface area contributed by atoms with Crippen LogP contribution in [-0.2, 0) is 0 Å². The molecule has 0 radical (unpaired) electrons. The van der Waals surface area contributed by atoms with Crippen molar-refractivity contribution in [2.45, 2.75) is 0 Å². The van der Waals surface area contributed by atoms with Crippen molar-refractivity contribution in [3.63, 3.8) is 0 Å². The molecule has 0 spiro atoms. The summed E-state index contributed by atoms with van der Waals surface area (Å²) in [6.07, 6.45) is 0. The van der Waals surface area contributed by atoms with Crippen molar-refractivity contribution in [1.82, 2.24) is 9.38 Å². The zero-order valence-electron chi connectivity index (χ0n) is 12.2. The van der Waals surface area contributed by atoms with E-state index < -0.39 is 0 Å². The summed E-state index contributed by atoms with van der Waals surface area (Å²) < 4.78 is 1.69. The van der Waals surface area contributed by atoms with Gasteiger partial charge in [-0.3, -0.25) is 9.20 Å². The highest BCUT2D eigenvalue weighted by atomic mass is 16.1. The Hall–Kier alpha value is -3.20. The van der Waals surface area contributed by atoms with Gasteiger partial charge in [0.25, 0.3) is 5.56 Å². The topological polar surface area (TPSA) is 34.4 Å². The quantitative estimate of drug-likeness (QED) is 0.430. The SMILES string of the molecule is O=c1cccc2nc3c4ccccc4c4ccccc4cc3n12. The number of imidazole rings is 1. The Balaban J connectivity index is 2.24. The molecule has 0 bridgehead atoms. The van der Waals surface area contributed by atoms with Crippen LogP contribution in [0.4, 0.5) is 0 Å². The van der Waals surface area contributed by atoms with E-state index in [4.69, 9.17) is 4.98 Å². The van der Waals surface area contributed by atoms with Gasteiger partial charge in [0.05, 0.1) is 11.0 Å². The lowest BCUT2D eigenvalue weighted by molar-refractivity contribution is 1.15. The predicted molar refractivity (Wildman–Crippen MR) is 94.0 cm³/mol. The van der Waals surface area contributed by atoms with Gasteiger partial charge in [0.15, 0.2) is 0 Å². The van der Waals surface area contributed by atoms with Crippen LogP contribution >= 0.6 is 0 Å². The first kappa shape index (κ1) is 12.4. The van der Waals surface area contributed by atoms with Crippen molar-refractivity contribution in [3.05, 3.63) is 83.2 Å². The molecule has 0 N–H and O–H groups in total. The number of aromatic nitrogens is 2. The van der Waals surface area contributed by atoms with Crippen molar-refractivity contribution in [1.29, 1.82) is 0 Å². The fourth-order valence-electron chi connectivity index (χ4n) is 3.36. The van der Waals surface area contributed by atoms with Crippen LogP contribution in [-0.4, -0.2) is 9.38 Å². The molecular weight excluding hydrogens is 284 g/mol. The zero-order chi connectivity index (χ0) is 15.4. The van der Waals surface area contributed by atoms with Gasteiger partial charge in [-0.05, 0) is 28.3 Å². The molecule has 2 heterocycles. The number of rotatable bonds is 0. The molecule has 0 unspecified atom stereocenters.